The fraction of sp³-hybridized carbons (Fsp3) is 0.714. The molecule has 1 saturated carbocycles. The summed E-state index contributed by atoms with van der Waals surface area (Å²) in [5.41, 5.74) is -0.280. The molecule has 1 N–H and O–H groups in total. The van der Waals surface area contributed by atoms with E-state index in [1.165, 1.54) is 19.3 Å². The second kappa shape index (κ2) is 6.66. The predicted octanol–water partition coefficient (Wildman–Crippen LogP) is 3.87. The Morgan fingerprint density at radius 2 is 2.05 bits per heavy atom. The lowest BCUT2D eigenvalue weighted by molar-refractivity contribution is -0.0766. The zero-order valence-electron chi connectivity index (χ0n) is 11.7. The highest BCUT2D eigenvalue weighted by atomic mass is 79.9. The molecule has 1 fully saturated rings. The van der Waals surface area contributed by atoms with Crippen LogP contribution in [0, 0.1) is 0 Å². The molecule has 0 aliphatic heterocycles. The summed E-state index contributed by atoms with van der Waals surface area (Å²) in [7, 11) is 0. The first kappa shape index (κ1) is 14.7. The highest BCUT2D eigenvalue weighted by Gasteiger charge is 2.37. The Bertz CT molecular complexity index is 414. The van der Waals surface area contributed by atoms with Crippen LogP contribution in [0.3, 0.4) is 0 Å². The van der Waals surface area contributed by atoms with Gasteiger partial charge in [-0.1, -0.05) is 19.3 Å². The van der Waals surface area contributed by atoms with Gasteiger partial charge < -0.3 is 10.1 Å². The Morgan fingerprint density at radius 3 is 2.68 bits per heavy atom. The number of anilines is 1. The molecule has 1 aromatic rings. The van der Waals surface area contributed by atoms with E-state index in [1.54, 1.807) is 0 Å². The van der Waals surface area contributed by atoms with Crippen molar-refractivity contribution in [3.05, 3.63) is 16.5 Å². The van der Waals surface area contributed by atoms with Gasteiger partial charge in [0.15, 0.2) is 5.82 Å². The molecule has 0 bridgehead atoms. The van der Waals surface area contributed by atoms with Crippen LogP contribution in [0.4, 0.5) is 5.82 Å². The maximum absolute atomic E-state index is 6.06. The van der Waals surface area contributed by atoms with Gasteiger partial charge in [0.25, 0.3) is 0 Å². The monoisotopic (exact) mass is 327 g/mol. The Morgan fingerprint density at radius 1 is 1.32 bits per heavy atom. The molecule has 0 atom stereocenters. The third-order valence-electron chi connectivity index (χ3n) is 3.58. The van der Waals surface area contributed by atoms with E-state index >= 15 is 0 Å². The molecule has 19 heavy (non-hydrogen) atoms. The molecule has 1 aromatic heterocycles. The standard InChI is InChI=1S/C14H22BrN3O/c1-3-16-12-11(15)10-17-13(18-12)14(19-4-2)8-6-5-7-9-14/h10H,3-9H2,1-2H3,(H,16,17,18). The van der Waals surface area contributed by atoms with Crippen LogP contribution >= 0.6 is 15.9 Å². The van der Waals surface area contributed by atoms with Crippen LogP contribution in [-0.2, 0) is 10.3 Å². The van der Waals surface area contributed by atoms with Crippen molar-refractivity contribution in [1.29, 1.82) is 0 Å². The van der Waals surface area contributed by atoms with Crippen LogP contribution in [0.15, 0.2) is 10.7 Å². The normalized spacial score (nSPS) is 18.3. The SMILES string of the molecule is CCNc1nc(C2(OCC)CCCCC2)ncc1Br. The molecule has 106 valence electrons. The minimum atomic E-state index is -0.280. The van der Waals surface area contributed by atoms with Crippen molar-refractivity contribution in [3.63, 3.8) is 0 Å². The number of nitrogens with one attached hydrogen (secondary N) is 1. The van der Waals surface area contributed by atoms with Crippen LogP contribution in [0.2, 0.25) is 0 Å². The van der Waals surface area contributed by atoms with E-state index in [9.17, 15) is 0 Å². The lowest BCUT2D eigenvalue weighted by Crippen LogP contribution is -2.34. The number of hydrogen-bond donors (Lipinski definition) is 1. The van der Waals surface area contributed by atoms with E-state index < -0.39 is 0 Å². The van der Waals surface area contributed by atoms with Gasteiger partial charge in [-0.15, -0.1) is 0 Å². The topological polar surface area (TPSA) is 47.0 Å². The Labute approximate surface area is 123 Å². The smallest absolute Gasteiger partial charge is 0.162 e. The average Bonchev–Trinajstić information content (AvgIpc) is 2.43. The minimum Gasteiger partial charge on any atom is -0.369 e. The highest BCUT2D eigenvalue weighted by Crippen LogP contribution is 2.39. The van der Waals surface area contributed by atoms with Gasteiger partial charge in [0, 0.05) is 19.3 Å². The number of hydrogen-bond acceptors (Lipinski definition) is 4. The molecule has 0 saturated heterocycles. The number of halogens is 1. The highest BCUT2D eigenvalue weighted by molar-refractivity contribution is 9.10. The largest absolute Gasteiger partial charge is 0.369 e. The fourth-order valence-corrected chi connectivity index (χ4v) is 3.04. The van der Waals surface area contributed by atoms with Crippen molar-refractivity contribution in [2.45, 2.75) is 51.6 Å². The van der Waals surface area contributed by atoms with Gasteiger partial charge in [-0.05, 0) is 42.6 Å². The molecule has 0 unspecified atom stereocenters. The van der Waals surface area contributed by atoms with Crippen LogP contribution in [0.5, 0.6) is 0 Å². The summed E-state index contributed by atoms with van der Waals surface area (Å²) >= 11 is 3.48. The van der Waals surface area contributed by atoms with Crippen molar-refractivity contribution in [3.8, 4) is 0 Å². The van der Waals surface area contributed by atoms with Gasteiger partial charge in [-0.25, -0.2) is 9.97 Å². The molecule has 1 aliphatic carbocycles. The van der Waals surface area contributed by atoms with Gasteiger partial charge in [-0.2, -0.15) is 0 Å². The summed E-state index contributed by atoms with van der Waals surface area (Å²) in [4.78, 5) is 9.20. The maximum atomic E-state index is 6.06. The summed E-state index contributed by atoms with van der Waals surface area (Å²) in [6.45, 7) is 5.65. The minimum absolute atomic E-state index is 0.280. The Hall–Kier alpha value is -0.680. The number of ether oxygens (including phenoxy) is 1. The summed E-state index contributed by atoms with van der Waals surface area (Å²) in [5.74, 6) is 1.69. The van der Waals surface area contributed by atoms with Gasteiger partial charge in [0.1, 0.15) is 11.4 Å². The van der Waals surface area contributed by atoms with Gasteiger partial charge in [0.05, 0.1) is 4.47 Å². The molecule has 0 aromatic carbocycles. The van der Waals surface area contributed by atoms with Crippen LogP contribution < -0.4 is 5.32 Å². The first-order valence-corrected chi connectivity index (χ1v) is 7.92. The number of rotatable bonds is 5. The second-order valence-corrected chi connectivity index (χ2v) is 5.76. The van der Waals surface area contributed by atoms with Crippen LogP contribution in [-0.4, -0.2) is 23.1 Å². The molecular formula is C14H22BrN3O. The summed E-state index contributed by atoms with van der Waals surface area (Å²) < 4.78 is 6.96. The lowest BCUT2D eigenvalue weighted by atomic mass is 9.84. The molecule has 4 nitrogen and oxygen atoms in total. The fourth-order valence-electron chi connectivity index (χ4n) is 2.71. The van der Waals surface area contributed by atoms with Crippen LogP contribution in [0.25, 0.3) is 0 Å². The van der Waals surface area contributed by atoms with E-state index in [4.69, 9.17) is 4.74 Å². The zero-order valence-corrected chi connectivity index (χ0v) is 13.3. The molecule has 1 heterocycles. The van der Waals surface area contributed by atoms with E-state index in [0.29, 0.717) is 6.61 Å². The molecule has 5 heteroatoms. The Kier molecular flexibility index (Phi) is 5.16. The van der Waals surface area contributed by atoms with Crippen molar-refractivity contribution in [2.75, 3.05) is 18.5 Å². The first-order valence-electron chi connectivity index (χ1n) is 7.12. The third-order valence-corrected chi connectivity index (χ3v) is 4.16. The number of aromatic nitrogens is 2. The summed E-state index contributed by atoms with van der Waals surface area (Å²) in [6, 6.07) is 0. The molecule has 0 radical (unpaired) electrons. The van der Waals surface area contributed by atoms with Gasteiger partial charge in [0.2, 0.25) is 0 Å². The molecule has 0 amide bonds. The average molecular weight is 328 g/mol. The summed E-state index contributed by atoms with van der Waals surface area (Å²) in [5, 5.41) is 3.26. The molecule has 0 spiro atoms. The second-order valence-electron chi connectivity index (χ2n) is 4.91. The van der Waals surface area contributed by atoms with Gasteiger partial charge >= 0.3 is 0 Å². The number of nitrogens with zero attached hydrogens (tertiary/aromatic N) is 2. The zero-order chi connectivity index (χ0) is 13.7. The summed E-state index contributed by atoms with van der Waals surface area (Å²) in [6.07, 6.45) is 7.54. The van der Waals surface area contributed by atoms with Gasteiger partial charge in [-0.3, -0.25) is 0 Å². The Balaban J connectivity index is 2.33. The van der Waals surface area contributed by atoms with E-state index in [0.717, 1.165) is 35.5 Å². The predicted molar refractivity (Wildman–Crippen MR) is 80.3 cm³/mol. The first-order chi connectivity index (χ1) is 9.22. The molecular weight excluding hydrogens is 306 g/mol. The van der Waals surface area contributed by atoms with E-state index in [2.05, 4.69) is 38.1 Å². The lowest BCUT2D eigenvalue weighted by Gasteiger charge is -2.35. The quantitative estimate of drug-likeness (QED) is 0.891. The van der Waals surface area contributed by atoms with Crippen molar-refractivity contribution in [1.82, 2.24) is 9.97 Å². The van der Waals surface area contributed by atoms with Crippen molar-refractivity contribution >= 4 is 21.7 Å². The van der Waals surface area contributed by atoms with E-state index in [-0.39, 0.29) is 5.60 Å². The molecule has 2 rings (SSSR count). The third kappa shape index (κ3) is 3.26. The van der Waals surface area contributed by atoms with Crippen molar-refractivity contribution < 1.29 is 4.74 Å². The molecule has 1 aliphatic rings. The van der Waals surface area contributed by atoms with E-state index in [1.807, 2.05) is 13.1 Å². The van der Waals surface area contributed by atoms with Crippen molar-refractivity contribution in [2.24, 2.45) is 0 Å². The maximum Gasteiger partial charge on any atom is 0.162 e. The van der Waals surface area contributed by atoms with Crippen LogP contribution in [0.1, 0.15) is 51.8 Å².